The Morgan fingerprint density at radius 2 is 1.74 bits per heavy atom. The van der Waals surface area contributed by atoms with Crippen LogP contribution in [0.4, 0.5) is 0 Å². The van der Waals surface area contributed by atoms with Gasteiger partial charge in [0.25, 0.3) is 0 Å². The third-order valence-corrected chi connectivity index (χ3v) is 6.19. The Labute approximate surface area is 202 Å². The van der Waals surface area contributed by atoms with Gasteiger partial charge in [-0.25, -0.2) is 0 Å². The van der Waals surface area contributed by atoms with Crippen LogP contribution in [0.2, 0.25) is 0 Å². The smallest absolute Gasteiger partial charge is 0.243 e. The van der Waals surface area contributed by atoms with Crippen molar-refractivity contribution in [3.05, 3.63) is 83.9 Å². The number of carbonyl (C=O) groups is 2. The van der Waals surface area contributed by atoms with Crippen molar-refractivity contribution >= 4 is 23.6 Å². The number of hydrogen-bond donors (Lipinski definition) is 2. The summed E-state index contributed by atoms with van der Waals surface area (Å²) in [7, 11) is 0. The summed E-state index contributed by atoms with van der Waals surface area (Å²) in [5.41, 5.74) is 1.99. The normalized spacial score (nSPS) is 12.6. The molecule has 3 aromatic carbocycles. The van der Waals surface area contributed by atoms with E-state index in [9.17, 15) is 9.59 Å². The second-order valence-electron chi connectivity index (χ2n) is 7.72. The molecule has 2 amide bonds. The van der Waals surface area contributed by atoms with Crippen LogP contribution in [0.5, 0.6) is 17.2 Å². The lowest BCUT2D eigenvalue weighted by Gasteiger charge is -2.17. The molecule has 176 valence electrons. The third kappa shape index (κ3) is 6.68. The van der Waals surface area contributed by atoms with Crippen molar-refractivity contribution in [1.29, 1.82) is 0 Å². The Hall–Kier alpha value is -3.65. The van der Waals surface area contributed by atoms with E-state index >= 15 is 0 Å². The molecular formula is C26H26N2O5S. The van der Waals surface area contributed by atoms with Crippen LogP contribution in [0.25, 0.3) is 0 Å². The Kier molecular flexibility index (Phi) is 7.93. The Morgan fingerprint density at radius 3 is 2.50 bits per heavy atom. The third-order valence-electron chi connectivity index (χ3n) is 5.09. The zero-order valence-electron chi connectivity index (χ0n) is 18.8. The highest BCUT2D eigenvalue weighted by atomic mass is 32.2. The van der Waals surface area contributed by atoms with Gasteiger partial charge < -0.3 is 24.8 Å². The standard InChI is InChI=1S/C26H26N2O5S/c1-18(29)28-23(26(30)27-14-20-7-12-24-25(13-20)33-17-32-24)16-34-22-10-8-21(9-11-22)31-15-19-5-3-2-4-6-19/h2-13,23H,14-17H2,1H3,(H,27,30)(H,28,29). The molecule has 0 fully saturated rings. The molecule has 0 spiro atoms. The van der Waals surface area contributed by atoms with Crippen LogP contribution in [0.15, 0.2) is 77.7 Å². The molecule has 3 aromatic rings. The number of carbonyl (C=O) groups excluding carboxylic acids is 2. The molecule has 0 bridgehead atoms. The monoisotopic (exact) mass is 478 g/mol. The van der Waals surface area contributed by atoms with E-state index in [1.165, 1.54) is 18.7 Å². The minimum atomic E-state index is -0.662. The second-order valence-corrected chi connectivity index (χ2v) is 8.81. The molecule has 4 rings (SSSR count). The molecular weight excluding hydrogens is 452 g/mol. The summed E-state index contributed by atoms with van der Waals surface area (Å²) in [5.74, 6) is 2.03. The molecule has 1 aliphatic heterocycles. The van der Waals surface area contributed by atoms with Crippen molar-refractivity contribution in [2.24, 2.45) is 0 Å². The molecule has 2 N–H and O–H groups in total. The molecule has 8 heteroatoms. The van der Waals surface area contributed by atoms with Gasteiger partial charge in [-0.2, -0.15) is 0 Å². The first-order chi connectivity index (χ1) is 16.6. The van der Waals surface area contributed by atoms with Gasteiger partial charge in [0.05, 0.1) is 0 Å². The second kappa shape index (κ2) is 11.5. The summed E-state index contributed by atoms with van der Waals surface area (Å²) >= 11 is 1.49. The lowest BCUT2D eigenvalue weighted by Crippen LogP contribution is -2.47. The fourth-order valence-electron chi connectivity index (χ4n) is 3.34. The van der Waals surface area contributed by atoms with Crippen LogP contribution in [-0.2, 0) is 22.7 Å². The Balaban J connectivity index is 1.28. The van der Waals surface area contributed by atoms with Gasteiger partial charge in [-0.1, -0.05) is 36.4 Å². The van der Waals surface area contributed by atoms with Gasteiger partial charge in [0.2, 0.25) is 18.6 Å². The maximum atomic E-state index is 12.8. The Morgan fingerprint density at radius 1 is 0.971 bits per heavy atom. The topological polar surface area (TPSA) is 85.9 Å². The summed E-state index contributed by atoms with van der Waals surface area (Å²) in [6.07, 6.45) is 0. The molecule has 1 unspecified atom stereocenters. The molecule has 1 heterocycles. The van der Waals surface area contributed by atoms with Crippen LogP contribution in [0.1, 0.15) is 18.1 Å². The van der Waals surface area contributed by atoms with Crippen molar-refractivity contribution in [3.8, 4) is 17.2 Å². The zero-order valence-corrected chi connectivity index (χ0v) is 19.6. The summed E-state index contributed by atoms with van der Waals surface area (Å²) in [5, 5.41) is 5.63. The van der Waals surface area contributed by atoms with Crippen LogP contribution < -0.4 is 24.8 Å². The van der Waals surface area contributed by atoms with Gasteiger partial charge in [-0.05, 0) is 47.5 Å². The van der Waals surface area contributed by atoms with Crippen molar-refractivity contribution < 1.29 is 23.8 Å². The molecule has 1 atom stereocenters. The van der Waals surface area contributed by atoms with E-state index in [1.54, 1.807) is 0 Å². The van der Waals surface area contributed by atoms with Crippen molar-refractivity contribution in [3.63, 3.8) is 0 Å². The van der Waals surface area contributed by atoms with Gasteiger partial charge in [-0.3, -0.25) is 9.59 Å². The van der Waals surface area contributed by atoms with E-state index in [0.29, 0.717) is 30.4 Å². The fraction of sp³-hybridized carbons (Fsp3) is 0.231. The average molecular weight is 479 g/mol. The minimum absolute atomic E-state index is 0.201. The predicted octanol–water partition coefficient (Wildman–Crippen LogP) is 3.91. The molecule has 7 nitrogen and oxygen atoms in total. The fourth-order valence-corrected chi connectivity index (χ4v) is 4.27. The zero-order chi connectivity index (χ0) is 23.8. The summed E-state index contributed by atoms with van der Waals surface area (Å²) in [4.78, 5) is 25.4. The molecule has 0 saturated carbocycles. The van der Waals surface area contributed by atoms with E-state index in [1.807, 2.05) is 72.8 Å². The highest BCUT2D eigenvalue weighted by Gasteiger charge is 2.20. The van der Waals surface area contributed by atoms with Crippen molar-refractivity contribution in [1.82, 2.24) is 10.6 Å². The maximum Gasteiger partial charge on any atom is 0.243 e. The van der Waals surface area contributed by atoms with Gasteiger partial charge in [0.15, 0.2) is 11.5 Å². The van der Waals surface area contributed by atoms with Crippen molar-refractivity contribution in [2.75, 3.05) is 12.5 Å². The van der Waals surface area contributed by atoms with Crippen molar-refractivity contribution in [2.45, 2.75) is 31.0 Å². The SMILES string of the molecule is CC(=O)NC(CSc1ccc(OCc2ccccc2)cc1)C(=O)NCc1ccc2c(c1)OCO2. The van der Waals surface area contributed by atoms with E-state index < -0.39 is 6.04 Å². The highest BCUT2D eigenvalue weighted by Crippen LogP contribution is 2.32. The molecule has 1 aliphatic rings. The van der Waals surface area contributed by atoms with Gasteiger partial charge in [0.1, 0.15) is 18.4 Å². The van der Waals surface area contributed by atoms with E-state index in [2.05, 4.69) is 10.6 Å². The van der Waals surface area contributed by atoms with Gasteiger partial charge in [0, 0.05) is 24.1 Å². The van der Waals surface area contributed by atoms with Crippen LogP contribution in [-0.4, -0.2) is 30.4 Å². The summed E-state index contributed by atoms with van der Waals surface area (Å²) in [6.45, 7) is 2.43. The van der Waals surface area contributed by atoms with E-state index in [4.69, 9.17) is 14.2 Å². The van der Waals surface area contributed by atoms with Gasteiger partial charge in [-0.15, -0.1) is 11.8 Å². The number of thioether (sulfide) groups is 1. The first-order valence-electron chi connectivity index (χ1n) is 10.9. The molecule has 0 aliphatic carbocycles. The predicted molar refractivity (Wildman–Crippen MR) is 130 cm³/mol. The van der Waals surface area contributed by atoms with Gasteiger partial charge >= 0.3 is 0 Å². The number of amides is 2. The Bertz CT molecular complexity index is 1120. The quantitative estimate of drug-likeness (QED) is 0.430. The van der Waals surface area contributed by atoms with Crippen LogP contribution in [0.3, 0.4) is 0 Å². The molecule has 0 radical (unpaired) electrons. The van der Waals surface area contributed by atoms with Crippen LogP contribution in [0, 0.1) is 0 Å². The first kappa shape index (κ1) is 23.5. The lowest BCUT2D eigenvalue weighted by atomic mass is 10.2. The maximum absolute atomic E-state index is 12.8. The average Bonchev–Trinajstić information content (AvgIpc) is 3.33. The number of rotatable bonds is 10. The summed E-state index contributed by atoms with van der Waals surface area (Å²) in [6, 6.07) is 22.5. The minimum Gasteiger partial charge on any atom is -0.489 e. The number of benzene rings is 3. The number of nitrogens with one attached hydrogen (secondary N) is 2. The number of fused-ring (bicyclic) bond motifs is 1. The van der Waals surface area contributed by atoms with E-state index in [0.717, 1.165) is 21.8 Å². The van der Waals surface area contributed by atoms with E-state index in [-0.39, 0.29) is 18.6 Å². The number of hydrogen-bond acceptors (Lipinski definition) is 6. The first-order valence-corrected chi connectivity index (χ1v) is 11.9. The molecule has 0 aromatic heterocycles. The van der Waals surface area contributed by atoms with Crippen LogP contribution >= 0.6 is 11.8 Å². The largest absolute Gasteiger partial charge is 0.489 e. The molecule has 0 saturated heterocycles. The summed E-state index contributed by atoms with van der Waals surface area (Å²) < 4.78 is 16.5. The highest BCUT2D eigenvalue weighted by molar-refractivity contribution is 7.99. The molecule has 34 heavy (non-hydrogen) atoms. The lowest BCUT2D eigenvalue weighted by molar-refractivity contribution is -0.127. The number of ether oxygens (including phenoxy) is 3.